The molecular weight excluding hydrogens is 285 g/mol. The number of nitrogens with zero attached hydrogens (tertiary/aromatic N) is 1. The van der Waals surface area contributed by atoms with Gasteiger partial charge in [0.15, 0.2) is 5.76 Å². The van der Waals surface area contributed by atoms with E-state index in [1.165, 1.54) is 17.5 Å². The second-order valence-electron chi connectivity index (χ2n) is 3.31. The number of carbonyl (C=O) groups is 1. The first-order valence-corrected chi connectivity index (χ1v) is 6.25. The van der Waals surface area contributed by atoms with Crippen LogP contribution in [0.3, 0.4) is 0 Å². The fraction of sp³-hybridized carbons (Fsp3) is 0.200. The lowest BCUT2D eigenvalue weighted by Crippen LogP contribution is -1.97. The number of thiophene rings is 1. The zero-order valence-corrected chi connectivity index (χ0v) is 10.8. The third-order valence-electron chi connectivity index (χ3n) is 2.12. The Morgan fingerprint density at radius 3 is 2.88 bits per heavy atom. The van der Waals surface area contributed by atoms with Gasteiger partial charge in [0, 0.05) is 12.0 Å². The summed E-state index contributed by atoms with van der Waals surface area (Å²) in [5.41, 5.74) is 0.738. The van der Waals surface area contributed by atoms with Crippen molar-refractivity contribution in [2.75, 3.05) is 0 Å². The van der Waals surface area contributed by atoms with Gasteiger partial charge in [0.2, 0.25) is 0 Å². The van der Waals surface area contributed by atoms with Crippen molar-refractivity contribution in [3.63, 3.8) is 0 Å². The largest absolute Gasteiger partial charge is 0.481 e. The Morgan fingerprint density at radius 1 is 1.53 bits per heavy atom. The molecule has 0 aromatic carbocycles. The van der Waals surface area contributed by atoms with Gasteiger partial charge in [0.25, 0.3) is 0 Å². The first-order valence-electron chi connectivity index (χ1n) is 4.68. The lowest BCUT2D eigenvalue weighted by Gasteiger charge is -1.95. The van der Waals surface area contributed by atoms with Crippen molar-refractivity contribution < 1.29 is 14.4 Å². The van der Waals surface area contributed by atoms with Crippen LogP contribution in [0.25, 0.3) is 10.6 Å². The van der Waals surface area contributed by atoms with Crippen LogP contribution in [-0.4, -0.2) is 16.2 Å². The van der Waals surface area contributed by atoms with Gasteiger partial charge in [-0.05, 0) is 12.5 Å². The predicted octanol–water partition coefficient (Wildman–Crippen LogP) is 3.73. The van der Waals surface area contributed by atoms with Crippen molar-refractivity contribution >= 4 is 40.5 Å². The maximum absolute atomic E-state index is 10.5. The van der Waals surface area contributed by atoms with Gasteiger partial charge < -0.3 is 9.63 Å². The molecule has 17 heavy (non-hydrogen) atoms. The van der Waals surface area contributed by atoms with Crippen molar-refractivity contribution in [3.8, 4) is 10.6 Å². The summed E-state index contributed by atoms with van der Waals surface area (Å²) in [7, 11) is 0. The van der Waals surface area contributed by atoms with Crippen LogP contribution in [-0.2, 0) is 11.2 Å². The molecule has 2 heterocycles. The SMILES string of the molecule is O=C(O)CCc1cnoc1-c1cc(Cl)c(Cl)s1. The van der Waals surface area contributed by atoms with Gasteiger partial charge in [0.1, 0.15) is 4.34 Å². The first kappa shape index (κ1) is 12.4. The molecule has 0 fully saturated rings. The predicted molar refractivity (Wildman–Crippen MR) is 65.8 cm³/mol. The van der Waals surface area contributed by atoms with Crippen LogP contribution in [0.15, 0.2) is 16.8 Å². The van der Waals surface area contributed by atoms with Crippen molar-refractivity contribution in [2.24, 2.45) is 0 Å². The summed E-state index contributed by atoms with van der Waals surface area (Å²) in [6.07, 6.45) is 1.90. The molecule has 0 radical (unpaired) electrons. The van der Waals surface area contributed by atoms with E-state index in [4.69, 9.17) is 32.8 Å². The maximum Gasteiger partial charge on any atom is 0.303 e. The summed E-state index contributed by atoms with van der Waals surface area (Å²) < 4.78 is 5.58. The van der Waals surface area contributed by atoms with Crippen LogP contribution >= 0.6 is 34.5 Å². The van der Waals surface area contributed by atoms with E-state index in [1.54, 1.807) is 6.07 Å². The van der Waals surface area contributed by atoms with Gasteiger partial charge >= 0.3 is 5.97 Å². The molecule has 0 unspecified atom stereocenters. The van der Waals surface area contributed by atoms with Crippen LogP contribution in [0.4, 0.5) is 0 Å². The monoisotopic (exact) mass is 291 g/mol. The second kappa shape index (κ2) is 5.08. The zero-order valence-electron chi connectivity index (χ0n) is 8.44. The maximum atomic E-state index is 10.5. The fourth-order valence-electron chi connectivity index (χ4n) is 1.34. The minimum absolute atomic E-state index is 0.0288. The highest BCUT2D eigenvalue weighted by molar-refractivity contribution is 7.20. The molecule has 1 N–H and O–H groups in total. The molecule has 2 aromatic heterocycles. The molecular formula is C10H7Cl2NO3S. The Balaban J connectivity index is 2.27. The van der Waals surface area contributed by atoms with E-state index in [2.05, 4.69) is 5.16 Å². The summed E-state index contributed by atoms with van der Waals surface area (Å²) in [5, 5.41) is 12.8. The Labute approximate surface area is 111 Å². The van der Waals surface area contributed by atoms with E-state index in [0.29, 0.717) is 21.5 Å². The van der Waals surface area contributed by atoms with E-state index >= 15 is 0 Å². The molecule has 0 amide bonds. The lowest BCUT2D eigenvalue weighted by molar-refractivity contribution is -0.136. The van der Waals surface area contributed by atoms with Gasteiger partial charge in [0.05, 0.1) is 16.1 Å². The number of carboxylic acids is 1. The molecule has 0 aliphatic rings. The topological polar surface area (TPSA) is 63.3 Å². The van der Waals surface area contributed by atoms with Crippen LogP contribution in [0.5, 0.6) is 0 Å². The van der Waals surface area contributed by atoms with Gasteiger partial charge in [-0.2, -0.15) is 0 Å². The van der Waals surface area contributed by atoms with Gasteiger partial charge in [-0.15, -0.1) is 11.3 Å². The van der Waals surface area contributed by atoms with Crippen LogP contribution < -0.4 is 0 Å². The number of aliphatic carboxylic acids is 1. The quantitative estimate of drug-likeness (QED) is 0.932. The molecule has 2 rings (SSSR count). The molecule has 0 saturated carbocycles. The summed E-state index contributed by atoms with van der Waals surface area (Å²) in [5.74, 6) is -0.329. The molecule has 0 saturated heterocycles. The highest BCUT2D eigenvalue weighted by atomic mass is 35.5. The lowest BCUT2D eigenvalue weighted by atomic mass is 10.1. The summed E-state index contributed by atoms with van der Waals surface area (Å²) >= 11 is 13.0. The normalized spacial score (nSPS) is 10.7. The average Bonchev–Trinajstić information content (AvgIpc) is 2.83. The molecule has 0 aliphatic carbocycles. The average molecular weight is 292 g/mol. The first-order chi connectivity index (χ1) is 8.08. The number of hydrogen-bond donors (Lipinski definition) is 1. The Bertz CT molecular complexity index is 530. The molecule has 4 nitrogen and oxygen atoms in total. The highest BCUT2D eigenvalue weighted by Gasteiger charge is 2.16. The van der Waals surface area contributed by atoms with Crippen molar-refractivity contribution in [1.82, 2.24) is 5.16 Å². The van der Waals surface area contributed by atoms with Crippen molar-refractivity contribution in [3.05, 3.63) is 27.2 Å². The number of hydrogen-bond acceptors (Lipinski definition) is 4. The smallest absolute Gasteiger partial charge is 0.303 e. The Kier molecular flexibility index (Phi) is 3.71. The van der Waals surface area contributed by atoms with Crippen molar-refractivity contribution in [2.45, 2.75) is 12.8 Å². The Morgan fingerprint density at radius 2 is 2.29 bits per heavy atom. The van der Waals surface area contributed by atoms with E-state index in [1.807, 2.05) is 0 Å². The standard InChI is InChI=1S/C10H7Cl2NO3S/c11-6-3-7(17-10(6)12)9-5(4-13-16-9)1-2-8(14)15/h3-4H,1-2H2,(H,14,15). The number of aromatic nitrogens is 1. The fourth-order valence-corrected chi connectivity index (χ4v) is 2.72. The third kappa shape index (κ3) is 2.80. The summed E-state index contributed by atoms with van der Waals surface area (Å²) in [6, 6.07) is 1.68. The van der Waals surface area contributed by atoms with E-state index < -0.39 is 5.97 Å². The third-order valence-corrected chi connectivity index (χ3v) is 3.99. The minimum Gasteiger partial charge on any atom is -0.481 e. The molecule has 0 bridgehead atoms. The van der Waals surface area contributed by atoms with Gasteiger partial charge in [-0.25, -0.2) is 0 Å². The molecule has 7 heteroatoms. The Hall–Kier alpha value is -1.04. The van der Waals surface area contributed by atoms with Crippen molar-refractivity contribution in [1.29, 1.82) is 0 Å². The van der Waals surface area contributed by atoms with Gasteiger partial charge in [-0.3, -0.25) is 4.79 Å². The minimum atomic E-state index is -0.862. The highest BCUT2D eigenvalue weighted by Crippen LogP contribution is 2.39. The summed E-state index contributed by atoms with van der Waals surface area (Å²) in [4.78, 5) is 11.3. The number of halogens is 2. The molecule has 0 atom stereocenters. The van der Waals surface area contributed by atoms with E-state index in [0.717, 1.165) is 10.4 Å². The summed E-state index contributed by atoms with van der Waals surface area (Å²) in [6.45, 7) is 0. The molecule has 90 valence electrons. The molecule has 2 aromatic rings. The van der Waals surface area contributed by atoms with Crippen LogP contribution in [0.1, 0.15) is 12.0 Å². The number of carboxylic acid groups (broad SMARTS) is 1. The second-order valence-corrected chi connectivity index (χ2v) is 5.37. The molecule has 0 spiro atoms. The zero-order chi connectivity index (χ0) is 12.4. The van der Waals surface area contributed by atoms with Gasteiger partial charge in [-0.1, -0.05) is 28.4 Å². The molecule has 0 aliphatic heterocycles. The van der Waals surface area contributed by atoms with E-state index in [-0.39, 0.29) is 6.42 Å². The number of aryl methyl sites for hydroxylation is 1. The van der Waals surface area contributed by atoms with E-state index in [9.17, 15) is 4.79 Å². The van der Waals surface area contributed by atoms with Crippen LogP contribution in [0.2, 0.25) is 9.36 Å². The number of rotatable bonds is 4. The van der Waals surface area contributed by atoms with Crippen LogP contribution in [0, 0.1) is 0 Å².